The zero-order valence-corrected chi connectivity index (χ0v) is 20.4. The maximum absolute atomic E-state index is 11.0. The first-order valence-electron chi connectivity index (χ1n) is 10.8. The first kappa shape index (κ1) is 27.5. The van der Waals surface area contributed by atoms with Gasteiger partial charge in [0.05, 0.1) is 9.85 Å². The molecule has 180 valence electrons. The summed E-state index contributed by atoms with van der Waals surface area (Å²) in [6.45, 7) is 13.6. The van der Waals surface area contributed by atoms with Crippen molar-refractivity contribution >= 4 is 28.7 Å². The predicted octanol–water partition coefficient (Wildman–Crippen LogP) is 6.11. The number of benzene rings is 2. The second-order valence-corrected chi connectivity index (χ2v) is 9.18. The number of amides is 1. The van der Waals surface area contributed by atoms with Crippen molar-refractivity contribution in [1.82, 2.24) is 0 Å². The zero-order valence-electron chi connectivity index (χ0n) is 20.4. The number of nitro groups is 2. The topological polar surface area (TPSA) is 141 Å². The highest BCUT2D eigenvalue weighted by molar-refractivity contribution is 5.91. The van der Waals surface area contributed by atoms with Crippen LogP contribution in [0.1, 0.15) is 72.4 Å². The van der Waals surface area contributed by atoms with Crippen LogP contribution in [0.4, 0.5) is 22.7 Å². The Morgan fingerprint density at radius 3 is 1.70 bits per heavy atom. The van der Waals surface area contributed by atoms with Gasteiger partial charge < -0.3 is 11.1 Å². The number of nitrogens with two attached hydrogens (primary N) is 1. The normalized spacial score (nSPS) is 11.2. The second kappa shape index (κ2) is 10.9. The molecule has 2 aromatic rings. The van der Waals surface area contributed by atoms with E-state index in [1.54, 1.807) is 18.2 Å². The minimum atomic E-state index is -0.472. The van der Waals surface area contributed by atoms with Crippen LogP contribution in [0.3, 0.4) is 0 Å². The second-order valence-electron chi connectivity index (χ2n) is 9.18. The molecular weight excluding hydrogens is 424 g/mol. The number of hydrogen-bond donors (Lipinski definition) is 2. The molecule has 0 bridgehead atoms. The van der Waals surface area contributed by atoms with E-state index in [2.05, 4.69) is 26.1 Å². The molecule has 0 aliphatic heterocycles. The molecule has 3 N–H and O–H groups in total. The van der Waals surface area contributed by atoms with Gasteiger partial charge >= 0.3 is 0 Å². The fraction of sp³-hybridized carbons (Fsp3) is 0.458. The lowest BCUT2D eigenvalue weighted by atomic mass is 9.82. The third-order valence-corrected chi connectivity index (χ3v) is 6.06. The molecule has 2 aromatic carbocycles. The van der Waals surface area contributed by atoms with Crippen LogP contribution >= 0.6 is 0 Å². The number of carbonyl (C=O) groups excluding carboxylic acids is 1. The van der Waals surface area contributed by atoms with Crippen molar-refractivity contribution in [2.24, 2.45) is 0 Å². The molecule has 9 heteroatoms. The fourth-order valence-corrected chi connectivity index (χ4v) is 2.93. The third-order valence-electron chi connectivity index (χ3n) is 6.06. The van der Waals surface area contributed by atoms with Crippen LogP contribution in [-0.4, -0.2) is 15.8 Å². The van der Waals surface area contributed by atoms with E-state index in [0.29, 0.717) is 0 Å². The van der Waals surface area contributed by atoms with Crippen LogP contribution in [-0.2, 0) is 15.6 Å². The van der Waals surface area contributed by atoms with Gasteiger partial charge in [0.2, 0.25) is 5.91 Å². The SMILES string of the molecule is CCC(C)(C)c1ccc(N)c([N+](=O)[O-])c1.CCC(C)(C)c1ccc(NC(C)=O)c([N+](=O)[O-])c1. The highest BCUT2D eigenvalue weighted by Crippen LogP contribution is 2.34. The summed E-state index contributed by atoms with van der Waals surface area (Å²) in [7, 11) is 0. The number of hydrogen-bond acceptors (Lipinski definition) is 6. The van der Waals surface area contributed by atoms with E-state index >= 15 is 0 Å². The monoisotopic (exact) mass is 458 g/mol. The quantitative estimate of drug-likeness (QED) is 0.291. The van der Waals surface area contributed by atoms with E-state index in [9.17, 15) is 25.0 Å². The van der Waals surface area contributed by atoms with Crippen LogP contribution < -0.4 is 11.1 Å². The van der Waals surface area contributed by atoms with Gasteiger partial charge in [-0.2, -0.15) is 0 Å². The maximum atomic E-state index is 11.0. The largest absolute Gasteiger partial charge is 0.393 e. The number of nitrogens with zero attached hydrogens (tertiary/aromatic N) is 2. The molecule has 0 heterocycles. The predicted molar refractivity (Wildman–Crippen MR) is 132 cm³/mol. The number of nitrogen functional groups attached to an aromatic ring is 1. The summed E-state index contributed by atoms with van der Waals surface area (Å²) in [5.41, 5.74) is 7.58. The average Bonchev–Trinajstić information content (AvgIpc) is 2.73. The van der Waals surface area contributed by atoms with Gasteiger partial charge in [-0.25, -0.2) is 0 Å². The van der Waals surface area contributed by atoms with Crippen LogP contribution in [0.15, 0.2) is 36.4 Å². The van der Waals surface area contributed by atoms with Crippen LogP contribution in [0.25, 0.3) is 0 Å². The van der Waals surface area contributed by atoms with Crippen molar-refractivity contribution in [3.05, 3.63) is 67.8 Å². The Bertz CT molecular complexity index is 1030. The van der Waals surface area contributed by atoms with E-state index < -0.39 is 9.85 Å². The number of anilines is 2. The fourth-order valence-electron chi connectivity index (χ4n) is 2.93. The Kier molecular flexibility index (Phi) is 9.09. The molecule has 0 fully saturated rings. The van der Waals surface area contributed by atoms with Crippen molar-refractivity contribution in [3.63, 3.8) is 0 Å². The third kappa shape index (κ3) is 7.27. The summed E-state index contributed by atoms with van der Waals surface area (Å²) < 4.78 is 0. The number of carbonyl (C=O) groups is 1. The lowest BCUT2D eigenvalue weighted by molar-refractivity contribution is -0.384. The van der Waals surface area contributed by atoms with Crippen LogP contribution in [0, 0.1) is 20.2 Å². The van der Waals surface area contributed by atoms with Gasteiger partial charge in [0.1, 0.15) is 11.4 Å². The molecule has 2 rings (SSSR count). The Morgan fingerprint density at radius 2 is 1.30 bits per heavy atom. The van der Waals surface area contributed by atoms with Crippen molar-refractivity contribution in [2.45, 2.75) is 72.1 Å². The Morgan fingerprint density at radius 1 is 0.879 bits per heavy atom. The Labute approximate surface area is 194 Å². The smallest absolute Gasteiger partial charge is 0.293 e. The molecule has 0 radical (unpaired) electrons. The molecule has 0 aliphatic carbocycles. The molecule has 33 heavy (non-hydrogen) atoms. The lowest BCUT2D eigenvalue weighted by Crippen LogP contribution is -2.16. The molecule has 0 saturated heterocycles. The van der Waals surface area contributed by atoms with Crippen LogP contribution in [0.2, 0.25) is 0 Å². The minimum absolute atomic E-state index is 0.00553. The summed E-state index contributed by atoms with van der Waals surface area (Å²) >= 11 is 0. The van der Waals surface area contributed by atoms with Gasteiger partial charge in [-0.3, -0.25) is 25.0 Å². The van der Waals surface area contributed by atoms with E-state index in [0.717, 1.165) is 24.0 Å². The standard InChI is InChI=1S/C13H18N2O3.C11H16N2O2/c1-5-13(3,4)10-6-7-11(14-9(2)16)12(8-10)15(17)18;1-4-11(2,3)8-5-6-9(12)10(7-8)13(14)15/h6-8H,5H2,1-4H3,(H,14,16);5-7H,4,12H2,1-3H3. The number of nitro benzene ring substituents is 2. The first-order chi connectivity index (χ1) is 15.2. The van der Waals surface area contributed by atoms with Crippen molar-refractivity contribution in [2.75, 3.05) is 11.1 Å². The summed E-state index contributed by atoms with van der Waals surface area (Å²) in [6.07, 6.45) is 1.80. The van der Waals surface area contributed by atoms with E-state index in [1.165, 1.54) is 13.0 Å². The molecule has 0 spiro atoms. The maximum Gasteiger partial charge on any atom is 0.293 e. The molecule has 0 unspecified atom stereocenters. The van der Waals surface area contributed by atoms with Gasteiger partial charge in [-0.1, -0.05) is 53.7 Å². The molecular formula is C24H34N4O5. The Balaban J connectivity index is 0.000000335. The lowest BCUT2D eigenvalue weighted by Gasteiger charge is -2.23. The van der Waals surface area contributed by atoms with Gasteiger partial charge in [0.25, 0.3) is 11.4 Å². The van der Waals surface area contributed by atoms with Gasteiger partial charge in [-0.15, -0.1) is 0 Å². The van der Waals surface area contributed by atoms with Crippen molar-refractivity contribution in [3.8, 4) is 0 Å². The summed E-state index contributed by atoms with van der Waals surface area (Å²) in [4.78, 5) is 31.8. The molecule has 0 saturated carbocycles. The highest BCUT2D eigenvalue weighted by atomic mass is 16.6. The van der Waals surface area contributed by atoms with Gasteiger partial charge in [0.15, 0.2) is 0 Å². The zero-order chi connectivity index (χ0) is 25.6. The number of rotatable bonds is 7. The van der Waals surface area contributed by atoms with Gasteiger partial charge in [0, 0.05) is 19.1 Å². The minimum Gasteiger partial charge on any atom is -0.393 e. The molecule has 1 amide bonds. The molecule has 9 nitrogen and oxygen atoms in total. The molecule has 0 atom stereocenters. The van der Waals surface area contributed by atoms with E-state index in [4.69, 9.17) is 5.73 Å². The Hall–Kier alpha value is -3.49. The molecule has 0 aliphatic rings. The van der Waals surface area contributed by atoms with Crippen LogP contribution in [0.5, 0.6) is 0 Å². The van der Waals surface area contributed by atoms with E-state index in [1.807, 2.05) is 32.9 Å². The average molecular weight is 459 g/mol. The molecule has 0 aromatic heterocycles. The van der Waals surface area contributed by atoms with E-state index in [-0.39, 0.29) is 39.5 Å². The van der Waals surface area contributed by atoms with Crippen molar-refractivity contribution < 1.29 is 14.6 Å². The summed E-state index contributed by atoms with van der Waals surface area (Å²) in [6, 6.07) is 9.97. The highest BCUT2D eigenvalue weighted by Gasteiger charge is 2.24. The first-order valence-corrected chi connectivity index (χ1v) is 10.8. The van der Waals surface area contributed by atoms with Gasteiger partial charge in [-0.05, 0) is 46.9 Å². The summed E-state index contributed by atoms with van der Waals surface area (Å²) in [5.74, 6) is -0.319. The number of nitrogens with one attached hydrogen (secondary N) is 1. The van der Waals surface area contributed by atoms with Crippen molar-refractivity contribution in [1.29, 1.82) is 0 Å². The summed E-state index contributed by atoms with van der Waals surface area (Å²) in [5, 5.41) is 24.2.